The molecule has 2 N–H and O–H groups in total. The summed E-state index contributed by atoms with van der Waals surface area (Å²) in [5.74, 6) is -0.272. The predicted octanol–water partition coefficient (Wildman–Crippen LogP) is 2.95. The molecule has 0 saturated carbocycles. The summed E-state index contributed by atoms with van der Waals surface area (Å²) in [5.41, 5.74) is 1.01. The Morgan fingerprint density at radius 3 is 2.80 bits per heavy atom. The number of likely N-dealkylation sites (tertiary alicyclic amines) is 1. The fraction of sp³-hybridized carbons (Fsp3) is 0.471. The molecule has 1 aliphatic rings. The van der Waals surface area contributed by atoms with Crippen LogP contribution in [0.5, 0.6) is 0 Å². The summed E-state index contributed by atoms with van der Waals surface area (Å²) >= 11 is 2.83. The normalized spacial score (nSPS) is 15.0. The maximum atomic E-state index is 12.0. The topological polar surface area (TPSA) is 74.3 Å². The zero-order valence-electron chi connectivity index (χ0n) is 14.0. The molecule has 3 heterocycles. The first kappa shape index (κ1) is 18.0. The molecule has 0 spiro atoms. The molecule has 0 aliphatic carbocycles. The van der Waals surface area contributed by atoms with Gasteiger partial charge in [-0.3, -0.25) is 14.5 Å². The standard InChI is InChI=1S/C17H22N4O2S2/c22-15(6-7-18-16(23)14-5-4-10-24-14)20-17-19-13(12-25-17)11-21-8-2-1-3-9-21/h4-5,10,12H,1-3,6-9,11H2,(H,18,23)(H,19,20,22). The van der Waals surface area contributed by atoms with Crippen LogP contribution in [0.15, 0.2) is 22.9 Å². The molecule has 25 heavy (non-hydrogen) atoms. The molecule has 0 unspecified atom stereocenters. The van der Waals surface area contributed by atoms with E-state index < -0.39 is 0 Å². The van der Waals surface area contributed by atoms with Gasteiger partial charge in [-0.1, -0.05) is 12.5 Å². The first-order valence-corrected chi connectivity index (χ1v) is 10.2. The van der Waals surface area contributed by atoms with Gasteiger partial charge in [-0.15, -0.1) is 22.7 Å². The monoisotopic (exact) mass is 378 g/mol. The molecule has 6 nitrogen and oxygen atoms in total. The van der Waals surface area contributed by atoms with Gasteiger partial charge >= 0.3 is 0 Å². The van der Waals surface area contributed by atoms with Crippen LogP contribution >= 0.6 is 22.7 Å². The quantitative estimate of drug-likeness (QED) is 0.777. The molecule has 0 bridgehead atoms. The number of piperidine rings is 1. The minimum atomic E-state index is -0.138. The van der Waals surface area contributed by atoms with Crippen molar-refractivity contribution < 1.29 is 9.59 Å². The minimum absolute atomic E-state index is 0.134. The molecule has 0 aromatic carbocycles. The number of carbonyl (C=O) groups is 2. The second-order valence-electron chi connectivity index (χ2n) is 6.01. The first-order valence-electron chi connectivity index (χ1n) is 8.49. The van der Waals surface area contributed by atoms with E-state index in [4.69, 9.17) is 0 Å². The van der Waals surface area contributed by atoms with Crippen molar-refractivity contribution in [3.63, 3.8) is 0 Å². The highest BCUT2D eigenvalue weighted by Gasteiger charge is 2.13. The smallest absolute Gasteiger partial charge is 0.261 e. The number of nitrogens with one attached hydrogen (secondary N) is 2. The van der Waals surface area contributed by atoms with Gasteiger partial charge in [0.2, 0.25) is 5.91 Å². The third kappa shape index (κ3) is 5.62. The summed E-state index contributed by atoms with van der Waals surface area (Å²) in [6, 6.07) is 3.59. The molecule has 8 heteroatoms. The Balaban J connectivity index is 1.38. The highest BCUT2D eigenvalue weighted by Crippen LogP contribution is 2.19. The number of nitrogens with zero attached hydrogens (tertiary/aromatic N) is 2. The van der Waals surface area contributed by atoms with Crippen molar-refractivity contribution in [2.45, 2.75) is 32.2 Å². The average molecular weight is 379 g/mol. The van der Waals surface area contributed by atoms with Gasteiger partial charge in [-0.2, -0.15) is 0 Å². The van der Waals surface area contributed by atoms with Crippen molar-refractivity contribution in [1.82, 2.24) is 15.2 Å². The SMILES string of the molecule is O=C(CCNC(=O)c1cccs1)Nc1nc(CN2CCCCC2)cs1. The van der Waals surface area contributed by atoms with Gasteiger partial charge in [0, 0.05) is 24.9 Å². The lowest BCUT2D eigenvalue weighted by molar-refractivity contribution is -0.116. The highest BCUT2D eigenvalue weighted by atomic mass is 32.1. The van der Waals surface area contributed by atoms with Crippen molar-refractivity contribution in [2.75, 3.05) is 25.0 Å². The van der Waals surface area contributed by atoms with Crippen molar-refractivity contribution in [2.24, 2.45) is 0 Å². The number of rotatable bonds is 7. The summed E-state index contributed by atoms with van der Waals surface area (Å²) in [6.07, 6.45) is 4.06. The predicted molar refractivity (Wildman–Crippen MR) is 101 cm³/mol. The molecule has 0 radical (unpaired) electrons. The van der Waals surface area contributed by atoms with Crippen LogP contribution in [0.1, 0.15) is 41.0 Å². The van der Waals surface area contributed by atoms with E-state index in [1.807, 2.05) is 16.8 Å². The summed E-state index contributed by atoms with van der Waals surface area (Å²) in [7, 11) is 0. The average Bonchev–Trinajstić information content (AvgIpc) is 3.28. The molecule has 1 saturated heterocycles. The molecule has 134 valence electrons. The van der Waals surface area contributed by atoms with Gasteiger partial charge in [-0.05, 0) is 37.4 Å². The Hall–Kier alpha value is -1.77. The van der Waals surface area contributed by atoms with E-state index in [1.165, 1.54) is 41.9 Å². The number of anilines is 1. The van der Waals surface area contributed by atoms with Crippen LogP contribution in [0, 0.1) is 0 Å². The van der Waals surface area contributed by atoms with Crippen LogP contribution in [0.3, 0.4) is 0 Å². The minimum Gasteiger partial charge on any atom is -0.351 e. The third-order valence-corrected chi connectivity index (χ3v) is 5.69. The molecule has 3 rings (SSSR count). The van der Waals surface area contributed by atoms with Gasteiger partial charge in [0.05, 0.1) is 10.6 Å². The van der Waals surface area contributed by atoms with Gasteiger partial charge in [0.15, 0.2) is 5.13 Å². The summed E-state index contributed by atoms with van der Waals surface area (Å²) in [6.45, 7) is 3.42. The van der Waals surface area contributed by atoms with Crippen molar-refractivity contribution in [1.29, 1.82) is 0 Å². The van der Waals surface area contributed by atoms with E-state index in [0.29, 0.717) is 16.6 Å². The van der Waals surface area contributed by atoms with Gasteiger partial charge in [0.25, 0.3) is 5.91 Å². The van der Waals surface area contributed by atoms with E-state index in [2.05, 4.69) is 20.5 Å². The van der Waals surface area contributed by atoms with Crippen molar-refractivity contribution >= 4 is 39.6 Å². The molecular formula is C17H22N4O2S2. The summed E-state index contributed by atoms with van der Waals surface area (Å²) in [4.78, 5) is 31.3. The second-order valence-corrected chi connectivity index (χ2v) is 7.82. The van der Waals surface area contributed by atoms with Crippen LogP contribution in [-0.4, -0.2) is 41.3 Å². The van der Waals surface area contributed by atoms with Crippen molar-refractivity contribution in [3.05, 3.63) is 33.5 Å². The van der Waals surface area contributed by atoms with E-state index in [1.54, 1.807) is 6.07 Å². The molecule has 1 aliphatic heterocycles. The van der Waals surface area contributed by atoms with E-state index in [-0.39, 0.29) is 18.2 Å². The molecule has 0 atom stereocenters. The number of amides is 2. The first-order chi connectivity index (χ1) is 12.2. The zero-order valence-corrected chi connectivity index (χ0v) is 15.6. The van der Waals surface area contributed by atoms with E-state index >= 15 is 0 Å². The Labute approximate surface area is 155 Å². The van der Waals surface area contributed by atoms with Crippen LogP contribution < -0.4 is 10.6 Å². The maximum Gasteiger partial charge on any atom is 0.261 e. The van der Waals surface area contributed by atoms with Gasteiger partial charge in [-0.25, -0.2) is 4.98 Å². The zero-order chi connectivity index (χ0) is 17.5. The number of carbonyl (C=O) groups excluding carboxylic acids is 2. The summed E-state index contributed by atoms with van der Waals surface area (Å²) in [5, 5.41) is 10.0. The molecular weight excluding hydrogens is 356 g/mol. The number of hydrogen-bond donors (Lipinski definition) is 2. The maximum absolute atomic E-state index is 12.0. The number of thiazole rings is 1. The van der Waals surface area contributed by atoms with E-state index in [9.17, 15) is 9.59 Å². The van der Waals surface area contributed by atoms with Crippen LogP contribution in [0.4, 0.5) is 5.13 Å². The fourth-order valence-electron chi connectivity index (χ4n) is 2.75. The number of thiophene rings is 1. The fourth-order valence-corrected chi connectivity index (χ4v) is 4.11. The van der Waals surface area contributed by atoms with Crippen LogP contribution in [-0.2, 0) is 11.3 Å². The number of aromatic nitrogens is 1. The molecule has 2 aromatic rings. The van der Waals surface area contributed by atoms with Crippen molar-refractivity contribution in [3.8, 4) is 0 Å². The Morgan fingerprint density at radius 1 is 1.20 bits per heavy atom. The van der Waals surface area contributed by atoms with E-state index in [0.717, 1.165) is 25.3 Å². The van der Waals surface area contributed by atoms with Crippen LogP contribution in [0.2, 0.25) is 0 Å². The Kier molecular flexibility index (Phi) is 6.55. The largest absolute Gasteiger partial charge is 0.351 e. The lowest BCUT2D eigenvalue weighted by Gasteiger charge is -2.25. The second kappa shape index (κ2) is 9.07. The van der Waals surface area contributed by atoms with Gasteiger partial charge in [0.1, 0.15) is 0 Å². The summed E-state index contributed by atoms with van der Waals surface area (Å²) < 4.78 is 0. The Morgan fingerprint density at radius 2 is 2.04 bits per heavy atom. The lowest BCUT2D eigenvalue weighted by Crippen LogP contribution is -2.29. The van der Waals surface area contributed by atoms with Gasteiger partial charge < -0.3 is 10.6 Å². The molecule has 1 fully saturated rings. The molecule has 2 amide bonds. The number of hydrogen-bond acceptors (Lipinski definition) is 6. The highest BCUT2D eigenvalue weighted by molar-refractivity contribution is 7.14. The lowest BCUT2D eigenvalue weighted by atomic mass is 10.1. The molecule has 2 aromatic heterocycles. The van der Waals surface area contributed by atoms with Crippen LogP contribution in [0.25, 0.3) is 0 Å². The third-order valence-electron chi connectivity index (χ3n) is 4.01. The Bertz CT molecular complexity index is 693.